The SMILES string of the molecule is CC1(CCc2ccc(OC(F)F)cc2)NC(=O)N(CCOc2ccc(Cl)cc2)C1=O. The molecule has 0 aliphatic carbocycles. The molecule has 2 aromatic carbocycles. The van der Waals surface area contributed by atoms with Gasteiger partial charge in [0.05, 0.1) is 6.54 Å². The molecule has 2 aromatic rings. The molecule has 0 bridgehead atoms. The molecule has 1 saturated heterocycles. The summed E-state index contributed by atoms with van der Waals surface area (Å²) in [6.45, 7) is -0.942. The summed E-state index contributed by atoms with van der Waals surface area (Å²) in [4.78, 5) is 26.2. The Labute approximate surface area is 177 Å². The standard InChI is InChI=1S/C21H21ClF2N2O4/c1-21(11-10-14-2-6-17(7-3-14)30-19(23)24)18(27)26(20(28)25-21)12-13-29-16-8-4-15(22)5-9-16/h2-9,19H,10-13H2,1H3,(H,25,28). The van der Waals surface area contributed by atoms with Crippen LogP contribution >= 0.6 is 11.6 Å². The van der Waals surface area contributed by atoms with Crippen LogP contribution in [-0.2, 0) is 11.2 Å². The number of rotatable bonds is 9. The zero-order chi connectivity index (χ0) is 21.7. The molecule has 3 amide bonds. The zero-order valence-electron chi connectivity index (χ0n) is 16.2. The Bertz CT molecular complexity index is 893. The van der Waals surface area contributed by atoms with Crippen LogP contribution < -0.4 is 14.8 Å². The Hall–Kier alpha value is -2.87. The van der Waals surface area contributed by atoms with E-state index in [1.165, 1.54) is 12.1 Å². The maximum Gasteiger partial charge on any atom is 0.387 e. The molecular formula is C21H21ClF2N2O4. The molecule has 30 heavy (non-hydrogen) atoms. The number of hydrogen-bond donors (Lipinski definition) is 1. The quantitative estimate of drug-likeness (QED) is 0.594. The highest BCUT2D eigenvalue weighted by molar-refractivity contribution is 6.30. The summed E-state index contributed by atoms with van der Waals surface area (Å²) in [5.41, 5.74) is -0.209. The first-order chi connectivity index (χ1) is 14.3. The number of nitrogens with zero attached hydrogens (tertiary/aromatic N) is 1. The van der Waals surface area contributed by atoms with Gasteiger partial charge < -0.3 is 14.8 Å². The lowest BCUT2D eigenvalue weighted by Crippen LogP contribution is -2.44. The van der Waals surface area contributed by atoms with E-state index in [4.69, 9.17) is 16.3 Å². The Kier molecular flexibility index (Phi) is 6.77. The number of amides is 3. The van der Waals surface area contributed by atoms with Gasteiger partial charge in [-0.05, 0) is 61.7 Å². The molecule has 0 spiro atoms. The second-order valence-electron chi connectivity index (χ2n) is 7.04. The Morgan fingerprint density at radius 2 is 1.70 bits per heavy atom. The van der Waals surface area contributed by atoms with Crippen molar-refractivity contribution in [2.75, 3.05) is 13.2 Å². The van der Waals surface area contributed by atoms with Gasteiger partial charge in [-0.2, -0.15) is 8.78 Å². The second-order valence-corrected chi connectivity index (χ2v) is 7.48. The van der Waals surface area contributed by atoms with Gasteiger partial charge in [-0.3, -0.25) is 9.69 Å². The molecule has 0 saturated carbocycles. The molecule has 1 heterocycles. The van der Waals surface area contributed by atoms with E-state index < -0.39 is 18.2 Å². The third-order valence-corrected chi connectivity index (χ3v) is 5.06. The molecule has 1 unspecified atom stereocenters. The summed E-state index contributed by atoms with van der Waals surface area (Å²) in [7, 11) is 0. The van der Waals surface area contributed by atoms with E-state index in [-0.39, 0.29) is 24.8 Å². The zero-order valence-corrected chi connectivity index (χ0v) is 17.0. The van der Waals surface area contributed by atoms with E-state index in [2.05, 4.69) is 10.1 Å². The number of urea groups is 1. The summed E-state index contributed by atoms with van der Waals surface area (Å²) < 4.78 is 34.3. The summed E-state index contributed by atoms with van der Waals surface area (Å²) >= 11 is 5.82. The molecule has 1 fully saturated rings. The fourth-order valence-electron chi connectivity index (χ4n) is 3.14. The molecule has 1 N–H and O–H groups in total. The van der Waals surface area contributed by atoms with E-state index in [1.807, 2.05) is 0 Å². The number of carbonyl (C=O) groups is 2. The van der Waals surface area contributed by atoms with Gasteiger partial charge in [-0.15, -0.1) is 0 Å². The van der Waals surface area contributed by atoms with Crippen LogP contribution in [0, 0.1) is 0 Å². The normalized spacial score (nSPS) is 18.6. The largest absolute Gasteiger partial charge is 0.492 e. The number of carbonyl (C=O) groups excluding carboxylic acids is 2. The van der Waals surface area contributed by atoms with Gasteiger partial charge in [0.2, 0.25) is 0 Å². The molecule has 1 atom stereocenters. The molecule has 0 aromatic heterocycles. The Balaban J connectivity index is 1.52. The van der Waals surface area contributed by atoms with Gasteiger partial charge in [0.1, 0.15) is 23.6 Å². The van der Waals surface area contributed by atoms with Crippen LogP contribution in [0.15, 0.2) is 48.5 Å². The number of benzene rings is 2. The van der Waals surface area contributed by atoms with Gasteiger partial charge in [0.15, 0.2) is 0 Å². The van der Waals surface area contributed by atoms with Gasteiger partial charge >= 0.3 is 12.6 Å². The number of hydrogen-bond acceptors (Lipinski definition) is 4. The average molecular weight is 439 g/mol. The van der Waals surface area contributed by atoms with Crippen molar-refractivity contribution in [1.82, 2.24) is 10.2 Å². The summed E-state index contributed by atoms with van der Waals surface area (Å²) in [6.07, 6.45) is 0.841. The minimum Gasteiger partial charge on any atom is -0.492 e. The monoisotopic (exact) mass is 438 g/mol. The van der Waals surface area contributed by atoms with E-state index in [1.54, 1.807) is 43.3 Å². The third-order valence-electron chi connectivity index (χ3n) is 4.80. The molecule has 6 nitrogen and oxygen atoms in total. The number of halogens is 3. The fraction of sp³-hybridized carbons (Fsp3) is 0.333. The number of imide groups is 1. The lowest BCUT2D eigenvalue weighted by atomic mass is 9.93. The molecular weight excluding hydrogens is 418 g/mol. The summed E-state index contributed by atoms with van der Waals surface area (Å²) in [5.74, 6) is 0.329. The topological polar surface area (TPSA) is 67.9 Å². The van der Waals surface area contributed by atoms with Gasteiger partial charge in [0.25, 0.3) is 5.91 Å². The lowest BCUT2D eigenvalue weighted by Gasteiger charge is -2.21. The second kappa shape index (κ2) is 9.30. The predicted octanol–water partition coefficient (Wildman–Crippen LogP) is 4.26. The van der Waals surface area contributed by atoms with E-state index in [0.29, 0.717) is 23.6 Å². The Morgan fingerprint density at radius 1 is 1.07 bits per heavy atom. The van der Waals surface area contributed by atoms with Crippen LogP contribution in [0.25, 0.3) is 0 Å². The van der Waals surface area contributed by atoms with E-state index in [0.717, 1.165) is 10.5 Å². The van der Waals surface area contributed by atoms with Crippen LogP contribution in [0.5, 0.6) is 11.5 Å². The van der Waals surface area contributed by atoms with Crippen molar-refractivity contribution in [3.8, 4) is 11.5 Å². The van der Waals surface area contributed by atoms with Crippen molar-refractivity contribution < 1.29 is 27.8 Å². The van der Waals surface area contributed by atoms with Crippen LogP contribution in [0.3, 0.4) is 0 Å². The number of aryl methyl sites for hydroxylation is 1. The average Bonchev–Trinajstić information content (AvgIpc) is 2.92. The number of nitrogens with one attached hydrogen (secondary N) is 1. The molecule has 1 aliphatic rings. The minimum absolute atomic E-state index is 0.0667. The van der Waals surface area contributed by atoms with Crippen LogP contribution in [0.2, 0.25) is 5.02 Å². The van der Waals surface area contributed by atoms with Crippen molar-refractivity contribution in [3.05, 3.63) is 59.1 Å². The van der Waals surface area contributed by atoms with Crippen molar-refractivity contribution in [2.45, 2.75) is 31.9 Å². The maximum absolute atomic E-state index is 12.8. The van der Waals surface area contributed by atoms with Gasteiger partial charge in [-0.25, -0.2) is 4.79 Å². The summed E-state index contributed by atoms with van der Waals surface area (Å²) in [6, 6.07) is 12.5. The summed E-state index contributed by atoms with van der Waals surface area (Å²) in [5, 5.41) is 3.32. The first-order valence-electron chi connectivity index (χ1n) is 9.33. The highest BCUT2D eigenvalue weighted by atomic mass is 35.5. The first-order valence-corrected chi connectivity index (χ1v) is 9.71. The minimum atomic E-state index is -2.88. The Morgan fingerprint density at radius 3 is 2.33 bits per heavy atom. The molecule has 0 radical (unpaired) electrons. The predicted molar refractivity (Wildman–Crippen MR) is 107 cm³/mol. The molecule has 160 valence electrons. The molecule has 9 heteroatoms. The van der Waals surface area contributed by atoms with Gasteiger partial charge in [0, 0.05) is 5.02 Å². The first kappa shape index (κ1) is 21.8. The van der Waals surface area contributed by atoms with Crippen molar-refractivity contribution in [1.29, 1.82) is 0 Å². The van der Waals surface area contributed by atoms with Crippen LogP contribution in [0.1, 0.15) is 18.9 Å². The van der Waals surface area contributed by atoms with E-state index in [9.17, 15) is 18.4 Å². The van der Waals surface area contributed by atoms with Gasteiger partial charge in [-0.1, -0.05) is 23.7 Å². The van der Waals surface area contributed by atoms with Crippen molar-refractivity contribution in [2.24, 2.45) is 0 Å². The lowest BCUT2D eigenvalue weighted by molar-refractivity contribution is -0.131. The van der Waals surface area contributed by atoms with Crippen LogP contribution in [0.4, 0.5) is 13.6 Å². The maximum atomic E-state index is 12.8. The van der Waals surface area contributed by atoms with Crippen molar-refractivity contribution in [3.63, 3.8) is 0 Å². The highest BCUT2D eigenvalue weighted by Gasteiger charge is 2.47. The van der Waals surface area contributed by atoms with Crippen LogP contribution in [-0.4, -0.2) is 42.1 Å². The number of alkyl halides is 2. The molecule has 1 aliphatic heterocycles. The third kappa shape index (κ3) is 5.38. The highest BCUT2D eigenvalue weighted by Crippen LogP contribution is 2.24. The van der Waals surface area contributed by atoms with E-state index >= 15 is 0 Å². The smallest absolute Gasteiger partial charge is 0.387 e. The van der Waals surface area contributed by atoms with Crippen molar-refractivity contribution >= 4 is 23.5 Å². The molecule has 3 rings (SSSR count). The fourth-order valence-corrected chi connectivity index (χ4v) is 3.26. The number of ether oxygens (including phenoxy) is 2.